The van der Waals surface area contributed by atoms with Crippen LogP contribution in [0.4, 0.5) is 0 Å². The molecule has 0 spiro atoms. The van der Waals surface area contributed by atoms with E-state index in [-0.39, 0.29) is 32.6 Å². The van der Waals surface area contributed by atoms with Gasteiger partial charge in [-0.25, -0.2) is 4.79 Å². The predicted octanol–water partition coefficient (Wildman–Crippen LogP) is 1.63. The highest BCUT2D eigenvalue weighted by Gasteiger charge is 2.20. The first kappa shape index (κ1) is 34.4. The molecular formula is C31H44N4O7. The van der Waals surface area contributed by atoms with E-state index >= 15 is 0 Å². The summed E-state index contributed by atoms with van der Waals surface area (Å²) in [6.07, 6.45) is 4.49. The highest BCUT2D eigenvalue weighted by Crippen LogP contribution is 2.11. The van der Waals surface area contributed by atoms with Crippen molar-refractivity contribution in [3.8, 4) is 0 Å². The molecular weight excluding hydrogens is 540 g/mol. The molecule has 230 valence electrons. The molecule has 0 bridgehead atoms. The van der Waals surface area contributed by atoms with Crippen LogP contribution in [0.5, 0.6) is 0 Å². The second kappa shape index (κ2) is 21.0. The fraction of sp³-hybridized carbons (Fsp3) is 0.484. The van der Waals surface area contributed by atoms with Gasteiger partial charge in [0.2, 0.25) is 11.8 Å². The van der Waals surface area contributed by atoms with Crippen LogP contribution < -0.4 is 21.4 Å². The van der Waals surface area contributed by atoms with Crippen LogP contribution in [-0.4, -0.2) is 76.8 Å². The standard InChI is InChI=1S/C31H44N4O7/c1-32-18-16-27(34-29(37)23-41-21-20-40-2)31(39)33-19-17-30(38)42-35-28(36)22-26-14-12-25(13-15-26)11-7-6-10-24-8-4-3-5-9-24/h3-5,8-9,12-15,27,32H,6-7,10-11,16-23H2,1-2H3,(H,33,39)(H,34,37)(H,35,36)/t27-/m0/s1. The molecule has 4 N–H and O–H groups in total. The second-order valence-corrected chi connectivity index (χ2v) is 9.78. The largest absolute Gasteiger partial charge is 0.382 e. The SMILES string of the molecule is CNCC[C@H](NC(=O)COCCOC)C(=O)NCCC(=O)ONC(=O)Cc1ccc(CCCCc2ccccc2)cc1. The van der Waals surface area contributed by atoms with Gasteiger partial charge in [-0.1, -0.05) is 54.6 Å². The Hall–Kier alpha value is -3.80. The summed E-state index contributed by atoms with van der Waals surface area (Å²) in [5, 5.41) is 8.16. The van der Waals surface area contributed by atoms with Crippen LogP contribution in [0.1, 0.15) is 42.4 Å². The molecule has 1 atom stereocenters. The van der Waals surface area contributed by atoms with Gasteiger partial charge in [0.15, 0.2) is 0 Å². The van der Waals surface area contributed by atoms with E-state index in [1.165, 1.54) is 18.2 Å². The van der Waals surface area contributed by atoms with Gasteiger partial charge in [-0.3, -0.25) is 14.4 Å². The Morgan fingerprint density at radius 1 is 0.810 bits per heavy atom. The fourth-order valence-electron chi connectivity index (χ4n) is 4.02. The number of aryl methyl sites for hydroxylation is 2. The van der Waals surface area contributed by atoms with E-state index < -0.39 is 29.7 Å². The van der Waals surface area contributed by atoms with Gasteiger partial charge in [0, 0.05) is 13.7 Å². The lowest BCUT2D eigenvalue weighted by molar-refractivity contribution is -0.158. The zero-order valence-electron chi connectivity index (χ0n) is 24.6. The van der Waals surface area contributed by atoms with Crippen molar-refractivity contribution >= 4 is 23.7 Å². The number of carbonyl (C=O) groups is 4. The fourth-order valence-corrected chi connectivity index (χ4v) is 4.02. The van der Waals surface area contributed by atoms with Gasteiger partial charge in [-0.2, -0.15) is 5.48 Å². The van der Waals surface area contributed by atoms with Crippen LogP contribution in [0, 0.1) is 0 Å². The number of hydrogen-bond acceptors (Lipinski definition) is 8. The van der Waals surface area contributed by atoms with E-state index in [0.717, 1.165) is 31.2 Å². The lowest BCUT2D eigenvalue weighted by Gasteiger charge is -2.18. The Morgan fingerprint density at radius 2 is 1.48 bits per heavy atom. The van der Waals surface area contributed by atoms with E-state index in [2.05, 4.69) is 45.7 Å². The first-order valence-corrected chi connectivity index (χ1v) is 14.3. The predicted molar refractivity (Wildman–Crippen MR) is 158 cm³/mol. The average Bonchev–Trinajstić information content (AvgIpc) is 3.00. The van der Waals surface area contributed by atoms with Crippen LogP contribution in [0.15, 0.2) is 54.6 Å². The summed E-state index contributed by atoms with van der Waals surface area (Å²) in [6, 6.07) is 17.5. The Kier molecular flexibility index (Phi) is 17.2. The van der Waals surface area contributed by atoms with Crippen molar-refractivity contribution in [1.82, 2.24) is 21.4 Å². The summed E-state index contributed by atoms with van der Waals surface area (Å²) in [5.41, 5.74) is 5.52. The van der Waals surface area contributed by atoms with Gasteiger partial charge in [-0.15, -0.1) is 0 Å². The molecule has 0 aliphatic heterocycles. The van der Waals surface area contributed by atoms with E-state index in [1.807, 2.05) is 30.3 Å². The topological polar surface area (TPSA) is 144 Å². The van der Waals surface area contributed by atoms with Crippen molar-refractivity contribution in [2.45, 2.75) is 51.0 Å². The zero-order valence-corrected chi connectivity index (χ0v) is 24.6. The van der Waals surface area contributed by atoms with Crippen molar-refractivity contribution in [3.05, 3.63) is 71.3 Å². The molecule has 2 aromatic rings. The number of carbonyl (C=O) groups excluding carboxylic acids is 4. The number of unbranched alkanes of at least 4 members (excludes halogenated alkanes) is 1. The Labute approximate surface area is 248 Å². The maximum Gasteiger partial charge on any atom is 0.334 e. The third-order valence-electron chi connectivity index (χ3n) is 6.32. The summed E-state index contributed by atoms with van der Waals surface area (Å²) in [5.74, 6) is -2.02. The average molecular weight is 585 g/mol. The molecule has 42 heavy (non-hydrogen) atoms. The van der Waals surface area contributed by atoms with Crippen molar-refractivity contribution in [2.75, 3.05) is 47.1 Å². The van der Waals surface area contributed by atoms with Crippen LogP contribution in [0.3, 0.4) is 0 Å². The number of ether oxygens (including phenoxy) is 2. The summed E-state index contributed by atoms with van der Waals surface area (Å²) in [6.45, 7) is 0.901. The number of amides is 3. The van der Waals surface area contributed by atoms with E-state index in [4.69, 9.17) is 14.3 Å². The molecule has 11 heteroatoms. The monoisotopic (exact) mass is 584 g/mol. The van der Waals surface area contributed by atoms with Crippen molar-refractivity contribution in [3.63, 3.8) is 0 Å². The van der Waals surface area contributed by atoms with Gasteiger partial charge in [0.05, 0.1) is 26.1 Å². The Morgan fingerprint density at radius 3 is 2.14 bits per heavy atom. The minimum Gasteiger partial charge on any atom is -0.382 e. The maximum atomic E-state index is 12.5. The molecule has 2 rings (SSSR count). The quantitative estimate of drug-likeness (QED) is 0.136. The second-order valence-electron chi connectivity index (χ2n) is 9.78. The van der Waals surface area contributed by atoms with Crippen LogP contribution in [0.25, 0.3) is 0 Å². The molecule has 0 aliphatic carbocycles. The zero-order chi connectivity index (χ0) is 30.4. The lowest BCUT2D eigenvalue weighted by atomic mass is 10.0. The highest BCUT2D eigenvalue weighted by molar-refractivity contribution is 5.88. The summed E-state index contributed by atoms with van der Waals surface area (Å²) in [7, 11) is 3.26. The number of hydroxylamine groups is 1. The van der Waals surface area contributed by atoms with Gasteiger partial charge in [-0.05, 0) is 62.4 Å². The van der Waals surface area contributed by atoms with Gasteiger partial charge in [0.1, 0.15) is 12.6 Å². The van der Waals surface area contributed by atoms with Gasteiger partial charge < -0.3 is 30.3 Å². The Bertz CT molecular complexity index is 1080. The van der Waals surface area contributed by atoms with Crippen molar-refractivity contribution in [1.29, 1.82) is 0 Å². The number of methoxy groups -OCH3 is 1. The molecule has 0 aliphatic rings. The first-order valence-electron chi connectivity index (χ1n) is 14.3. The molecule has 0 saturated carbocycles. The Balaban J connectivity index is 1.62. The van der Waals surface area contributed by atoms with Crippen LogP contribution >= 0.6 is 0 Å². The summed E-state index contributed by atoms with van der Waals surface area (Å²) < 4.78 is 10.0. The number of benzene rings is 2. The number of nitrogens with one attached hydrogen (secondary N) is 4. The first-order chi connectivity index (χ1) is 20.4. The van der Waals surface area contributed by atoms with Crippen LogP contribution in [-0.2, 0) is 52.8 Å². The molecule has 11 nitrogen and oxygen atoms in total. The van der Waals surface area contributed by atoms with Crippen molar-refractivity contribution in [2.24, 2.45) is 0 Å². The molecule has 0 saturated heterocycles. The minimum absolute atomic E-state index is 0.0173. The third-order valence-corrected chi connectivity index (χ3v) is 6.32. The number of rotatable bonds is 20. The maximum absolute atomic E-state index is 12.5. The van der Waals surface area contributed by atoms with Crippen molar-refractivity contribution < 1.29 is 33.5 Å². The summed E-state index contributed by atoms with van der Waals surface area (Å²) in [4.78, 5) is 53.7. The number of hydrogen-bond donors (Lipinski definition) is 4. The third kappa shape index (κ3) is 15.3. The molecule has 0 unspecified atom stereocenters. The molecule has 2 aromatic carbocycles. The molecule has 0 heterocycles. The normalized spacial score (nSPS) is 11.4. The van der Waals surface area contributed by atoms with E-state index in [1.54, 1.807) is 7.05 Å². The molecule has 0 fully saturated rings. The molecule has 0 radical (unpaired) electrons. The summed E-state index contributed by atoms with van der Waals surface area (Å²) >= 11 is 0. The molecule has 0 aromatic heterocycles. The minimum atomic E-state index is -0.799. The smallest absolute Gasteiger partial charge is 0.334 e. The van der Waals surface area contributed by atoms with Crippen LogP contribution in [0.2, 0.25) is 0 Å². The highest BCUT2D eigenvalue weighted by atomic mass is 16.7. The lowest BCUT2D eigenvalue weighted by Crippen LogP contribution is -2.49. The molecule has 3 amide bonds. The van der Waals surface area contributed by atoms with E-state index in [9.17, 15) is 19.2 Å². The van der Waals surface area contributed by atoms with E-state index in [0.29, 0.717) is 19.6 Å². The van der Waals surface area contributed by atoms with Gasteiger partial charge >= 0.3 is 5.97 Å². The van der Waals surface area contributed by atoms with Gasteiger partial charge in [0.25, 0.3) is 5.91 Å².